The number of ether oxygens (including phenoxy) is 1. The van der Waals surface area contributed by atoms with Gasteiger partial charge in [-0.15, -0.1) is 11.3 Å². The van der Waals surface area contributed by atoms with Crippen molar-refractivity contribution >= 4 is 33.0 Å². The van der Waals surface area contributed by atoms with Gasteiger partial charge in [-0.1, -0.05) is 0 Å². The fourth-order valence-electron chi connectivity index (χ4n) is 3.08. The van der Waals surface area contributed by atoms with E-state index in [0.717, 1.165) is 36.0 Å². The second-order valence-electron chi connectivity index (χ2n) is 6.48. The number of aromatic nitrogens is 2. The van der Waals surface area contributed by atoms with E-state index in [0.29, 0.717) is 17.1 Å². The number of carbonyl (C=O) groups excluding carboxylic acids is 1. The van der Waals surface area contributed by atoms with Gasteiger partial charge in [0.15, 0.2) is 0 Å². The number of fused-ring (bicyclic) bond motifs is 1. The van der Waals surface area contributed by atoms with Gasteiger partial charge in [-0.2, -0.15) is 0 Å². The van der Waals surface area contributed by atoms with Crippen LogP contribution in [0.25, 0.3) is 10.1 Å². The molecule has 0 saturated carbocycles. The zero-order chi connectivity index (χ0) is 17.9. The highest BCUT2D eigenvalue weighted by atomic mass is 32.1. The number of hydrogen-bond donors (Lipinski definition) is 1. The zero-order valence-electron chi connectivity index (χ0n) is 14.5. The van der Waals surface area contributed by atoms with Crippen molar-refractivity contribution in [3.05, 3.63) is 47.7 Å². The second kappa shape index (κ2) is 7.39. The summed E-state index contributed by atoms with van der Waals surface area (Å²) in [7, 11) is 2.12. The average molecular weight is 368 g/mol. The van der Waals surface area contributed by atoms with Gasteiger partial charge in [0, 0.05) is 48.8 Å². The molecule has 1 saturated heterocycles. The van der Waals surface area contributed by atoms with Gasteiger partial charge in [0.25, 0.3) is 5.91 Å². The van der Waals surface area contributed by atoms with Crippen molar-refractivity contribution in [1.29, 1.82) is 0 Å². The number of rotatable bonds is 4. The Balaban J connectivity index is 1.46. The van der Waals surface area contributed by atoms with Gasteiger partial charge >= 0.3 is 0 Å². The van der Waals surface area contributed by atoms with Gasteiger partial charge < -0.3 is 15.0 Å². The Hall–Kier alpha value is -2.51. The van der Waals surface area contributed by atoms with Crippen molar-refractivity contribution in [3.63, 3.8) is 0 Å². The number of nitrogens with one attached hydrogen (secondary N) is 1. The predicted octanol–water partition coefficient (Wildman–Crippen LogP) is 3.42. The highest BCUT2D eigenvalue weighted by molar-refractivity contribution is 7.17. The van der Waals surface area contributed by atoms with E-state index in [2.05, 4.69) is 27.2 Å². The lowest BCUT2D eigenvalue weighted by Gasteiger charge is -2.28. The van der Waals surface area contributed by atoms with E-state index in [9.17, 15) is 4.79 Å². The molecule has 0 radical (unpaired) electrons. The van der Waals surface area contributed by atoms with Gasteiger partial charge in [0.2, 0.25) is 5.88 Å². The Morgan fingerprint density at radius 1 is 1.31 bits per heavy atom. The first-order valence-electron chi connectivity index (χ1n) is 8.63. The Kier molecular flexibility index (Phi) is 4.81. The predicted molar refractivity (Wildman–Crippen MR) is 103 cm³/mol. The Bertz CT molecular complexity index is 919. The average Bonchev–Trinajstić information content (AvgIpc) is 3.12. The van der Waals surface area contributed by atoms with E-state index in [4.69, 9.17) is 4.74 Å². The van der Waals surface area contributed by atoms with Crippen molar-refractivity contribution in [2.45, 2.75) is 18.9 Å². The number of hydrogen-bond acceptors (Lipinski definition) is 6. The molecule has 26 heavy (non-hydrogen) atoms. The first-order chi connectivity index (χ1) is 12.7. The molecule has 7 heteroatoms. The summed E-state index contributed by atoms with van der Waals surface area (Å²) in [5.41, 5.74) is 1.24. The third kappa shape index (κ3) is 3.68. The smallest absolute Gasteiger partial charge is 0.258 e. The van der Waals surface area contributed by atoms with Crippen LogP contribution >= 0.6 is 11.3 Å². The van der Waals surface area contributed by atoms with Gasteiger partial charge in [0.05, 0.1) is 10.3 Å². The SMILES string of the molecule is CN1CCC(Oc2cc(NC(=O)c3cncc4ccsc34)ccn2)CC1. The molecule has 134 valence electrons. The van der Waals surface area contributed by atoms with Crippen LogP contribution in [0.5, 0.6) is 5.88 Å². The van der Waals surface area contributed by atoms with Crippen LogP contribution in [0, 0.1) is 0 Å². The molecule has 1 fully saturated rings. The lowest BCUT2D eigenvalue weighted by Crippen LogP contribution is -2.35. The standard InChI is InChI=1S/C19H20N4O2S/c1-23-7-3-15(4-8-23)25-17-10-14(2-6-21-17)22-19(24)16-12-20-11-13-5-9-26-18(13)16/h2,5-6,9-12,15H,3-4,7-8H2,1H3,(H,21,22,24). The van der Waals surface area contributed by atoms with Crippen molar-refractivity contribution in [3.8, 4) is 5.88 Å². The largest absolute Gasteiger partial charge is 0.474 e. The van der Waals surface area contributed by atoms with Crippen LogP contribution in [-0.4, -0.2) is 47.0 Å². The Labute approximate surface area is 155 Å². The van der Waals surface area contributed by atoms with Crippen LogP contribution in [0.4, 0.5) is 5.69 Å². The number of amides is 1. The van der Waals surface area contributed by atoms with E-state index < -0.39 is 0 Å². The molecule has 0 atom stereocenters. The Morgan fingerprint density at radius 3 is 3.00 bits per heavy atom. The van der Waals surface area contributed by atoms with Gasteiger partial charge in [-0.05, 0) is 37.4 Å². The number of piperidine rings is 1. The van der Waals surface area contributed by atoms with Crippen LogP contribution in [0.15, 0.2) is 42.2 Å². The summed E-state index contributed by atoms with van der Waals surface area (Å²) in [6.45, 7) is 2.05. The van der Waals surface area contributed by atoms with Crippen molar-refractivity contribution in [2.24, 2.45) is 0 Å². The molecular weight excluding hydrogens is 348 g/mol. The molecule has 3 aromatic heterocycles. The summed E-state index contributed by atoms with van der Waals surface area (Å²) in [5, 5.41) is 5.86. The molecule has 1 aliphatic heterocycles. The highest BCUT2D eigenvalue weighted by Gasteiger charge is 2.19. The maximum Gasteiger partial charge on any atom is 0.258 e. The molecule has 4 rings (SSSR count). The van der Waals surface area contributed by atoms with Gasteiger partial charge in [0.1, 0.15) is 6.10 Å². The molecule has 0 unspecified atom stereocenters. The third-order valence-electron chi connectivity index (χ3n) is 4.55. The van der Waals surface area contributed by atoms with E-state index in [1.54, 1.807) is 30.7 Å². The summed E-state index contributed by atoms with van der Waals surface area (Å²) in [5.74, 6) is 0.367. The fourth-order valence-corrected chi connectivity index (χ4v) is 3.96. The maximum atomic E-state index is 12.7. The fraction of sp³-hybridized carbons (Fsp3) is 0.316. The molecule has 0 aliphatic carbocycles. The molecular formula is C19H20N4O2S. The van der Waals surface area contributed by atoms with E-state index in [1.165, 1.54) is 11.3 Å². The van der Waals surface area contributed by atoms with Crippen LogP contribution < -0.4 is 10.1 Å². The molecule has 1 amide bonds. The van der Waals surface area contributed by atoms with Crippen molar-refractivity contribution in [2.75, 3.05) is 25.5 Å². The minimum Gasteiger partial charge on any atom is -0.474 e. The van der Waals surface area contributed by atoms with Crippen LogP contribution in [0.2, 0.25) is 0 Å². The minimum atomic E-state index is -0.179. The lowest BCUT2D eigenvalue weighted by atomic mass is 10.1. The first kappa shape index (κ1) is 16.9. The van der Waals surface area contributed by atoms with Crippen molar-refractivity contribution < 1.29 is 9.53 Å². The van der Waals surface area contributed by atoms with E-state index >= 15 is 0 Å². The molecule has 0 bridgehead atoms. The number of carbonyl (C=O) groups is 1. The van der Waals surface area contributed by atoms with Crippen molar-refractivity contribution in [1.82, 2.24) is 14.9 Å². The van der Waals surface area contributed by atoms with E-state index in [-0.39, 0.29) is 12.0 Å². The minimum absolute atomic E-state index is 0.175. The molecule has 0 spiro atoms. The van der Waals surface area contributed by atoms with Crippen LogP contribution in [0.1, 0.15) is 23.2 Å². The second-order valence-corrected chi connectivity index (χ2v) is 7.40. The highest BCUT2D eigenvalue weighted by Crippen LogP contribution is 2.25. The summed E-state index contributed by atoms with van der Waals surface area (Å²) >= 11 is 1.54. The number of anilines is 1. The van der Waals surface area contributed by atoms with Crippen LogP contribution in [0.3, 0.4) is 0 Å². The number of thiophene rings is 1. The quantitative estimate of drug-likeness (QED) is 0.764. The molecule has 1 N–H and O–H groups in total. The number of nitrogens with zero attached hydrogens (tertiary/aromatic N) is 3. The first-order valence-corrected chi connectivity index (χ1v) is 9.51. The normalized spacial score (nSPS) is 15.9. The number of likely N-dealkylation sites (tertiary alicyclic amines) is 1. The third-order valence-corrected chi connectivity index (χ3v) is 5.51. The topological polar surface area (TPSA) is 67.3 Å². The lowest BCUT2D eigenvalue weighted by molar-refractivity contribution is 0.102. The molecule has 0 aromatic carbocycles. The summed E-state index contributed by atoms with van der Waals surface area (Å²) < 4.78 is 6.93. The maximum absolute atomic E-state index is 12.7. The zero-order valence-corrected chi connectivity index (χ0v) is 15.3. The number of pyridine rings is 2. The van der Waals surface area contributed by atoms with Gasteiger partial charge in [-0.3, -0.25) is 9.78 Å². The van der Waals surface area contributed by atoms with E-state index in [1.807, 2.05) is 11.4 Å². The molecule has 4 heterocycles. The molecule has 3 aromatic rings. The summed E-state index contributed by atoms with van der Waals surface area (Å²) in [6, 6.07) is 5.50. The Morgan fingerprint density at radius 2 is 2.15 bits per heavy atom. The molecule has 6 nitrogen and oxygen atoms in total. The van der Waals surface area contributed by atoms with Gasteiger partial charge in [-0.25, -0.2) is 4.98 Å². The summed E-state index contributed by atoms with van der Waals surface area (Å²) in [6.07, 6.45) is 7.17. The summed E-state index contributed by atoms with van der Waals surface area (Å²) in [4.78, 5) is 23.4. The molecule has 1 aliphatic rings. The monoisotopic (exact) mass is 368 g/mol. The van der Waals surface area contributed by atoms with Crippen LogP contribution in [-0.2, 0) is 0 Å².